The third kappa shape index (κ3) is 1.86. The second kappa shape index (κ2) is 4.32. The molecular weight excluding hydrogens is 228 g/mol. The molecule has 0 amide bonds. The van der Waals surface area contributed by atoms with E-state index in [1.807, 2.05) is 12.2 Å². The minimum Gasteiger partial charge on any atom is -0.347 e. The summed E-state index contributed by atoms with van der Waals surface area (Å²) in [6.07, 6.45) is 8.99. The fraction of sp³-hybridized carbons (Fsp3) is 0.667. The number of ketones is 1. The predicted octanol–water partition coefficient (Wildman–Crippen LogP) is 2.77. The molecule has 2 aliphatic carbocycles. The Labute approximate surface area is 108 Å². The quantitative estimate of drug-likeness (QED) is 0.705. The Hall–Kier alpha value is -0.930. The van der Waals surface area contributed by atoms with E-state index in [4.69, 9.17) is 9.47 Å². The topological polar surface area (TPSA) is 35.5 Å². The molecule has 1 heterocycles. The number of rotatable bonds is 2. The first kappa shape index (κ1) is 12.1. The van der Waals surface area contributed by atoms with E-state index in [2.05, 4.69) is 6.58 Å². The lowest BCUT2D eigenvalue weighted by Crippen LogP contribution is -2.45. The van der Waals surface area contributed by atoms with Gasteiger partial charge in [0, 0.05) is 24.7 Å². The third-order valence-electron chi connectivity index (χ3n) is 4.60. The average molecular weight is 248 g/mol. The number of ether oxygens (including phenoxy) is 2. The first-order valence-electron chi connectivity index (χ1n) is 6.81. The van der Waals surface area contributed by atoms with Gasteiger partial charge in [0.2, 0.25) is 0 Å². The van der Waals surface area contributed by atoms with Crippen LogP contribution in [0.1, 0.15) is 38.5 Å². The van der Waals surface area contributed by atoms with Crippen LogP contribution >= 0.6 is 0 Å². The second-order valence-electron chi connectivity index (χ2n) is 5.69. The van der Waals surface area contributed by atoms with Gasteiger partial charge >= 0.3 is 0 Å². The molecule has 2 fully saturated rings. The fourth-order valence-corrected chi connectivity index (χ4v) is 3.74. The lowest BCUT2D eigenvalue weighted by Gasteiger charge is -2.48. The van der Waals surface area contributed by atoms with Crippen LogP contribution < -0.4 is 0 Å². The molecule has 0 bridgehead atoms. The summed E-state index contributed by atoms with van der Waals surface area (Å²) in [5, 5.41) is 0. The van der Waals surface area contributed by atoms with Crippen molar-refractivity contribution in [3.05, 3.63) is 24.3 Å². The molecule has 98 valence electrons. The van der Waals surface area contributed by atoms with E-state index in [9.17, 15) is 4.79 Å². The van der Waals surface area contributed by atoms with Gasteiger partial charge < -0.3 is 9.47 Å². The van der Waals surface area contributed by atoms with Crippen LogP contribution in [0.2, 0.25) is 0 Å². The minimum absolute atomic E-state index is 0.0538. The van der Waals surface area contributed by atoms with Gasteiger partial charge in [-0.1, -0.05) is 11.6 Å². The van der Waals surface area contributed by atoms with Crippen LogP contribution in [-0.4, -0.2) is 24.8 Å². The summed E-state index contributed by atoms with van der Waals surface area (Å²) >= 11 is 0. The van der Waals surface area contributed by atoms with Gasteiger partial charge in [-0.15, -0.1) is 6.58 Å². The molecule has 1 aliphatic heterocycles. The summed E-state index contributed by atoms with van der Waals surface area (Å²) in [6.45, 7) is 5.27. The van der Waals surface area contributed by atoms with Crippen molar-refractivity contribution in [3.63, 3.8) is 0 Å². The Kier molecular flexibility index (Phi) is 2.91. The van der Waals surface area contributed by atoms with Crippen molar-refractivity contribution in [1.29, 1.82) is 0 Å². The number of hydrogen-bond acceptors (Lipinski definition) is 3. The molecule has 1 atom stereocenters. The van der Waals surface area contributed by atoms with E-state index in [-0.39, 0.29) is 17.0 Å². The van der Waals surface area contributed by atoms with E-state index >= 15 is 0 Å². The van der Waals surface area contributed by atoms with Gasteiger partial charge in [-0.3, -0.25) is 4.79 Å². The summed E-state index contributed by atoms with van der Waals surface area (Å²) in [5.41, 5.74) is 1.35. The van der Waals surface area contributed by atoms with Crippen LogP contribution in [0.15, 0.2) is 24.3 Å². The van der Waals surface area contributed by atoms with Crippen LogP contribution in [-0.2, 0) is 14.3 Å². The Bertz CT molecular complexity index is 404. The zero-order valence-corrected chi connectivity index (χ0v) is 10.7. The largest absolute Gasteiger partial charge is 0.347 e. The number of carbonyl (C=O) groups excluding carboxylic acids is 1. The Morgan fingerprint density at radius 3 is 2.78 bits per heavy atom. The first-order chi connectivity index (χ1) is 8.68. The Morgan fingerprint density at radius 1 is 1.28 bits per heavy atom. The molecule has 0 aromatic carbocycles. The van der Waals surface area contributed by atoms with E-state index in [1.165, 1.54) is 5.57 Å². The maximum atomic E-state index is 11.6. The fourth-order valence-electron chi connectivity index (χ4n) is 3.74. The highest BCUT2D eigenvalue weighted by molar-refractivity contribution is 5.91. The zero-order valence-electron chi connectivity index (χ0n) is 10.7. The number of hydrogen-bond donors (Lipinski definition) is 0. The monoisotopic (exact) mass is 248 g/mol. The van der Waals surface area contributed by atoms with Crippen LogP contribution in [0.25, 0.3) is 0 Å². The lowest BCUT2D eigenvalue weighted by atomic mass is 9.61. The van der Waals surface area contributed by atoms with Crippen LogP contribution in [0.3, 0.4) is 0 Å². The van der Waals surface area contributed by atoms with Crippen molar-refractivity contribution in [2.45, 2.75) is 44.3 Å². The summed E-state index contributed by atoms with van der Waals surface area (Å²) in [7, 11) is 0. The molecule has 18 heavy (non-hydrogen) atoms. The second-order valence-corrected chi connectivity index (χ2v) is 5.69. The number of carbonyl (C=O) groups is 1. The number of fused-ring (bicyclic) bond motifs is 1. The highest BCUT2D eigenvalue weighted by Crippen LogP contribution is 2.54. The third-order valence-corrected chi connectivity index (χ3v) is 4.60. The average Bonchev–Trinajstić information content (AvgIpc) is 2.79. The highest BCUT2D eigenvalue weighted by Gasteiger charge is 2.51. The van der Waals surface area contributed by atoms with Gasteiger partial charge in [-0.25, -0.2) is 0 Å². The molecule has 3 heteroatoms. The van der Waals surface area contributed by atoms with Gasteiger partial charge in [0.25, 0.3) is 0 Å². The smallest absolute Gasteiger partial charge is 0.169 e. The molecule has 0 unspecified atom stereocenters. The van der Waals surface area contributed by atoms with Crippen molar-refractivity contribution >= 4 is 5.78 Å². The number of allylic oxidation sites excluding steroid dienone is 3. The summed E-state index contributed by atoms with van der Waals surface area (Å²) in [6, 6.07) is 0. The van der Waals surface area contributed by atoms with Crippen LogP contribution in [0, 0.1) is 5.41 Å². The van der Waals surface area contributed by atoms with Crippen LogP contribution in [0.5, 0.6) is 0 Å². The van der Waals surface area contributed by atoms with E-state index in [0.29, 0.717) is 19.6 Å². The molecule has 3 aliphatic rings. The van der Waals surface area contributed by atoms with Crippen molar-refractivity contribution in [2.24, 2.45) is 5.41 Å². The van der Waals surface area contributed by atoms with Gasteiger partial charge in [-0.05, 0) is 25.3 Å². The van der Waals surface area contributed by atoms with Gasteiger partial charge in [0.15, 0.2) is 11.6 Å². The Morgan fingerprint density at radius 2 is 2.06 bits per heavy atom. The van der Waals surface area contributed by atoms with Crippen molar-refractivity contribution in [2.75, 3.05) is 13.2 Å². The summed E-state index contributed by atoms with van der Waals surface area (Å²) < 4.78 is 11.7. The van der Waals surface area contributed by atoms with E-state index < -0.39 is 0 Å². The summed E-state index contributed by atoms with van der Waals surface area (Å²) in [4.78, 5) is 11.6. The molecule has 0 radical (unpaired) electrons. The van der Waals surface area contributed by atoms with Crippen molar-refractivity contribution in [3.8, 4) is 0 Å². The normalized spacial score (nSPS) is 34.2. The molecule has 1 saturated carbocycles. The van der Waals surface area contributed by atoms with Gasteiger partial charge in [-0.2, -0.15) is 0 Å². The molecular formula is C15H20O3. The Balaban J connectivity index is 1.92. The summed E-state index contributed by atoms with van der Waals surface area (Å²) in [5.74, 6) is -0.116. The van der Waals surface area contributed by atoms with Gasteiger partial charge in [0.1, 0.15) is 0 Å². The molecule has 0 N–H and O–H groups in total. The van der Waals surface area contributed by atoms with Crippen molar-refractivity contribution < 1.29 is 14.3 Å². The lowest BCUT2D eigenvalue weighted by molar-refractivity contribution is -0.193. The molecule has 3 rings (SSSR count). The molecule has 3 nitrogen and oxygen atoms in total. The van der Waals surface area contributed by atoms with Crippen molar-refractivity contribution in [1.82, 2.24) is 0 Å². The highest BCUT2D eigenvalue weighted by atomic mass is 16.7. The maximum Gasteiger partial charge on any atom is 0.169 e. The standard InChI is InChI=1S/C15H20O3/c1-2-5-14-6-4-13(16)10-12(14)3-7-15(11-14)17-8-9-18-15/h2,10H,1,3-9,11H2/t14-/m0/s1. The molecule has 0 aromatic rings. The molecule has 1 spiro atoms. The molecule has 0 aromatic heterocycles. The molecule has 1 saturated heterocycles. The zero-order chi connectivity index (χ0) is 12.6. The maximum absolute atomic E-state index is 11.6. The van der Waals surface area contributed by atoms with Gasteiger partial charge in [0.05, 0.1) is 13.2 Å². The van der Waals surface area contributed by atoms with Crippen LogP contribution in [0.4, 0.5) is 0 Å². The predicted molar refractivity (Wildman–Crippen MR) is 68.1 cm³/mol. The van der Waals surface area contributed by atoms with E-state index in [1.54, 1.807) is 0 Å². The minimum atomic E-state index is -0.388. The first-order valence-corrected chi connectivity index (χ1v) is 6.81. The SMILES string of the molecule is C=CC[C@@]12CCC(=O)C=C1CCC1(C2)OCCO1. The van der Waals surface area contributed by atoms with E-state index in [0.717, 1.165) is 32.1 Å².